The number of aromatic nitrogens is 1. The van der Waals surface area contributed by atoms with Crippen LogP contribution in [0.15, 0.2) is 54.2 Å². The normalized spacial score (nSPS) is 15.7. The average molecular weight is 558 g/mol. The number of nitrogens with one attached hydrogen (secondary N) is 1. The Labute approximate surface area is 224 Å². The molecule has 0 fully saturated rings. The van der Waals surface area contributed by atoms with Crippen molar-refractivity contribution in [2.24, 2.45) is 0 Å². The SMILES string of the molecule is CC1(C)/C(=C\C=C\c2sc3cc(CC(=O)O)ccc3[n+]2CCCS(=O)(=O)O)Nc2ccc(CC(=O)O)cc21. The van der Waals surface area contributed by atoms with Crippen molar-refractivity contribution >= 4 is 55.4 Å². The first-order valence-electron chi connectivity index (χ1n) is 12.0. The van der Waals surface area contributed by atoms with Crippen LogP contribution in [0.2, 0.25) is 0 Å². The smallest absolute Gasteiger partial charge is 0.307 e. The Kier molecular flexibility index (Phi) is 7.73. The maximum absolute atomic E-state index is 11.2. The molecular formula is C27H29N2O7S2+. The van der Waals surface area contributed by atoms with Crippen LogP contribution in [0, 0.1) is 0 Å². The molecule has 0 amide bonds. The van der Waals surface area contributed by atoms with Gasteiger partial charge in [-0.2, -0.15) is 13.0 Å². The predicted molar refractivity (Wildman–Crippen MR) is 146 cm³/mol. The number of carboxylic acids is 2. The zero-order valence-electron chi connectivity index (χ0n) is 21.0. The number of anilines is 1. The number of aryl methyl sites for hydroxylation is 1. The lowest BCUT2D eigenvalue weighted by atomic mass is 9.83. The van der Waals surface area contributed by atoms with E-state index < -0.39 is 22.1 Å². The van der Waals surface area contributed by atoms with Crippen LogP contribution in [0.4, 0.5) is 5.69 Å². The van der Waals surface area contributed by atoms with Crippen LogP contribution in [0.3, 0.4) is 0 Å². The maximum atomic E-state index is 11.2. The molecule has 0 aliphatic carbocycles. The molecule has 1 aliphatic heterocycles. The summed E-state index contributed by atoms with van der Waals surface area (Å²) in [6.07, 6.45) is 5.86. The summed E-state index contributed by atoms with van der Waals surface area (Å²) < 4.78 is 34.5. The zero-order chi connectivity index (χ0) is 27.7. The molecule has 2 aromatic carbocycles. The highest BCUT2D eigenvalue weighted by atomic mass is 32.2. The third-order valence-electron chi connectivity index (χ3n) is 6.49. The summed E-state index contributed by atoms with van der Waals surface area (Å²) >= 11 is 1.47. The fourth-order valence-corrected chi connectivity index (χ4v) is 6.28. The van der Waals surface area contributed by atoms with Crippen LogP contribution in [0.1, 0.15) is 42.0 Å². The molecule has 9 nitrogen and oxygen atoms in total. The highest BCUT2D eigenvalue weighted by Gasteiger charge is 2.34. The molecule has 1 aliphatic rings. The molecule has 3 aromatic rings. The number of rotatable bonds is 10. The van der Waals surface area contributed by atoms with E-state index in [1.807, 2.05) is 47.1 Å². The molecule has 11 heteroatoms. The minimum absolute atomic E-state index is 0.0417. The van der Waals surface area contributed by atoms with Gasteiger partial charge < -0.3 is 15.5 Å². The lowest BCUT2D eigenvalue weighted by Crippen LogP contribution is -2.36. The summed E-state index contributed by atoms with van der Waals surface area (Å²) in [5, 5.41) is 22.5. The second-order valence-corrected chi connectivity index (χ2v) is 12.4. The molecule has 0 bridgehead atoms. The molecule has 38 heavy (non-hydrogen) atoms. The molecule has 1 aromatic heterocycles. The number of thiazole rings is 1. The van der Waals surface area contributed by atoms with Crippen molar-refractivity contribution in [2.45, 2.75) is 45.1 Å². The van der Waals surface area contributed by atoms with Gasteiger partial charge in [-0.3, -0.25) is 14.1 Å². The monoisotopic (exact) mass is 557 g/mol. The first-order valence-corrected chi connectivity index (χ1v) is 14.4. The predicted octanol–water partition coefficient (Wildman–Crippen LogP) is 4.02. The van der Waals surface area contributed by atoms with Gasteiger partial charge in [0.1, 0.15) is 4.70 Å². The van der Waals surface area contributed by atoms with Gasteiger partial charge in [-0.05, 0) is 34.9 Å². The largest absolute Gasteiger partial charge is 0.481 e. The first kappa shape index (κ1) is 27.5. The van der Waals surface area contributed by atoms with E-state index in [4.69, 9.17) is 14.8 Å². The lowest BCUT2D eigenvalue weighted by molar-refractivity contribution is -0.668. The first-order chi connectivity index (χ1) is 17.8. The number of allylic oxidation sites excluding steroid dienone is 3. The van der Waals surface area contributed by atoms with E-state index in [1.165, 1.54) is 11.3 Å². The van der Waals surface area contributed by atoms with E-state index in [1.54, 1.807) is 12.1 Å². The Morgan fingerprint density at radius 3 is 2.37 bits per heavy atom. The van der Waals surface area contributed by atoms with Crippen LogP contribution >= 0.6 is 11.3 Å². The van der Waals surface area contributed by atoms with E-state index in [-0.39, 0.29) is 30.4 Å². The van der Waals surface area contributed by atoms with Crippen LogP contribution < -0.4 is 9.88 Å². The van der Waals surface area contributed by atoms with Crippen LogP contribution in [0.25, 0.3) is 16.3 Å². The number of hydrogen-bond acceptors (Lipinski definition) is 6. The summed E-state index contributed by atoms with van der Waals surface area (Å²) in [6, 6.07) is 11.0. The molecule has 0 radical (unpaired) electrons. The van der Waals surface area contributed by atoms with E-state index >= 15 is 0 Å². The Bertz CT molecular complexity index is 1580. The Morgan fingerprint density at radius 2 is 1.71 bits per heavy atom. The minimum Gasteiger partial charge on any atom is -0.481 e. The third kappa shape index (κ3) is 6.29. The average Bonchev–Trinajstić information content (AvgIpc) is 3.26. The summed E-state index contributed by atoms with van der Waals surface area (Å²) in [7, 11) is -4.08. The Morgan fingerprint density at radius 1 is 1.05 bits per heavy atom. The maximum Gasteiger partial charge on any atom is 0.307 e. The second kappa shape index (κ2) is 10.7. The molecule has 0 saturated carbocycles. The quantitative estimate of drug-likeness (QED) is 0.216. The zero-order valence-corrected chi connectivity index (χ0v) is 22.6. The molecule has 4 N–H and O–H groups in total. The Balaban J connectivity index is 1.64. The second-order valence-electron chi connectivity index (χ2n) is 9.74. The van der Waals surface area contributed by atoms with Crippen molar-refractivity contribution in [1.29, 1.82) is 0 Å². The third-order valence-corrected chi connectivity index (χ3v) is 8.41. The van der Waals surface area contributed by atoms with Crippen molar-refractivity contribution in [3.63, 3.8) is 0 Å². The van der Waals surface area contributed by atoms with Crippen molar-refractivity contribution in [2.75, 3.05) is 11.1 Å². The van der Waals surface area contributed by atoms with Crippen LogP contribution in [-0.2, 0) is 44.5 Å². The minimum atomic E-state index is -4.08. The van der Waals surface area contributed by atoms with E-state index in [0.29, 0.717) is 12.1 Å². The van der Waals surface area contributed by atoms with Gasteiger partial charge in [0.2, 0.25) is 5.52 Å². The molecule has 200 valence electrons. The Hall–Kier alpha value is -3.54. The number of carbonyl (C=O) groups is 2. The van der Waals surface area contributed by atoms with Gasteiger partial charge in [0.15, 0.2) is 6.54 Å². The molecule has 0 spiro atoms. The summed E-state index contributed by atoms with van der Waals surface area (Å²) in [4.78, 5) is 22.3. The number of aliphatic carboxylic acids is 2. The van der Waals surface area contributed by atoms with E-state index in [9.17, 15) is 18.0 Å². The standard InChI is InChI=1S/C27H28N2O7S2/c1-27(2)19-13-17(15-25(30)31)7-9-20(19)28-23(27)5-3-6-24-29(11-4-12-38(34,35)36)21-10-8-18(16-26(32)33)14-22(21)37-24/h3,5-10,13-14H,4,11-12,15-16H2,1-2H3,(H3,30,31,32,33,34,35,36)/p+1. The summed E-state index contributed by atoms with van der Waals surface area (Å²) in [6.45, 7) is 4.49. The molecule has 0 saturated heterocycles. The number of hydrogen-bond donors (Lipinski definition) is 4. The molecule has 0 atom stereocenters. The molecular weight excluding hydrogens is 528 g/mol. The van der Waals surface area contributed by atoms with Gasteiger partial charge in [-0.1, -0.05) is 49.5 Å². The van der Waals surface area contributed by atoms with Crippen LogP contribution in [-0.4, -0.2) is 40.9 Å². The van der Waals surface area contributed by atoms with Crippen LogP contribution in [0.5, 0.6) is 0 Å². The highest BCUT2D eigenvalue weighted by Crippen LogP contribution is 2.43. The van der Waals surface area contributed by atoms with Gasteiger partial charge in [0.05, 0.1) is 18.6 Å². The summed E-state index contributed by atoms with van der Waals surface area (Å²) in [5.74, 6) is -2.16. The van der Waals surface area contributed by atoms with Crippen molar-refractivity contribution < 1.29 is 37.3 Å². The number of nitrogens with zero attached hydrogens (tertiary/aromatic N) is 1. The molecule has 4 rings (SSSR count). The van der Waals surface area contributed by atoms with Gasteiger partial charge in [-0.15, -0.1) is 0 Å². The van der Waals surface area contributed by atoms with E-state index in [0.717, 1.165) is 37.7 Å². The topological polar surface area (TPSA) is 145 Å². The van der Waals surface area contributed by atoms with Gasteiger partial charge in [0, 0.05) is 35.4 Å². The van der Waals surface area contributed by atoms with Crippen molar-refractivity contribution in [1.82, 2.24) is 0 Å². The number of benzene rings is 2. The molecule has 0 unspecified atom stereocenters. The number of fused-ring (bicyclic) bond motifs is 2. The van der Waals surface area contributed by atoms with Crippen molar-refractivity contribution in [3.05, 3.63) is 75.9 Å². The lowest BCUT2D eigenvalue weighted by Gasteiger charge is -2.20. The van der Waals surface area contributed by atoms with E-state index in [2.05, 4.69) is 19.2 Å². The summed E-state index contributed by atoms with van der Waals surface area (Å²) in [5.41, 5.74) is 4.78. The molecule has 2 heterocycles. The van der Waals surface area contributed by atoms with Gasteiger partial charge in [0.25, 0.3) is 15.1 Å². The fraction of sp³-hybridized carbons (Fsp3) is 0.296. The van der Waals surface area contributed by atoms with Crippen molar-refractivity contribution in [3.8, 4) is 0 Å². The highest BCUT2D eigenvalue weighted by molar-refractivity contribution is 7.85. The van der Waals surface area contributed by atoms with Gasteiger partial charge >= 0.3 is 11.9 Å². The van der Waals surface area contributed by atoms with Gasteiger partial charge in [-0.25, -0.2) is 0 Å². The number of carboxylic acid groups (broad SMARTS) is 2. The fourth-order valence-electron chi connectivity index (χ4n) is 4.62.